The number of fused-ring (bicyclic) bond motifs is 4. The molecule has 3 heterocycles. The molecule has 2 bridgehead atoms. The first-order valence-electron chi connectivity index (χ1n) is 12.4. The van der Waals surface area contributed by atoms with Gasteiger partial charge in [0.2, 0.25) is 5.43 Å². The standard InChI is InChI=1S/C28H26F3N3O5/c1-28(38)7-8-33-13-18(11-28)34-14-20(26(36)32-12-19-21(30)9-17(29)10-22(19)31)24(35)25(23(34)27(33)37)39-15-16-5-3-2-4-6-16/h2-6,9-10,14,18,38H,7-8,11-13,15H2,1H3,(H,32,36)/t18-,28+/m0/s1. The molecule has 3 aromatic rings. The predicted molar refractivity (Wildman–Crippen MR) is 134 cm³/mol. The third-order valence-corrected chi connectivity index (χ3v) is 7.10. The number of benzene rings is 2. The van der Waals surface area contributed by atoms with E-state index in [2.05, 4.69) is 5.32 Å². The summed E-state index contributed by atoms with van der Waals surface area (Å²) in [5, 5.41) is 13.1. The van der Waals surface area contributed by atoms with Crippen LogP contribution in [0.1, 0.15) is 57.8 Å². The minimum Gasteiger partial charge on any atom is -0.483 e. The molecule has 0 spiro atoms. The number of hydrogen-bond acceptors (Lipinski definition) is 5. The molecule has 1 saturated heterocycles. The fraction of sp³-hybridized carbons (Fsp3) is 0.321. The number of pyridine rings is 1. The van der Waals surface area contributed by atoms with E-state index in [9.17, 15) is 32.7 Å². The first-order valence-corrected chi connectivity index (χ1v) is 12.4. The molecule has 0 radical (unpaired) electrons. The highest BCUT2D eigenvalue weighted by molar-refractivity contribution is 5.99. The lowest BCUT2D eigenvalue weighted by Crippen LogP contribution is -2.45. The van der Waals surface area contributed by atoms with E-state index < -0.39 is 64.0 Å². The summed E-state index contributed by atoms with van der Waals surface area (Å²) < 4.78 is 48.8. The predicted octanol–water partition coefficient (Wildman–Crippen LogP) is 3.32. The van der Waals surface area contributed by atoms with Gasteiger partial charge < -0.3 is 24.6 Å². The first kappa shape index (κ1) is 26.5. The van der Waals surface area contributed by atoms with Gasteiger partial charge in [-0.15, -0.1) is 0 Å². The molecule has 39 heavy (non-hydrogen) atoms. The molecule has 1 aromatic heterocycles. The van der Waals surface area contributed by atoms with Gasteiger partial charge in [-0.05, 0) is 25.3 Å². The summed E-state index contributed by atoms with van der Waals surface area (Å²) in [6.07, 6.45) is 1.80. The summed E-state index contributed by atoms with van der Waals surface area (Å²) in [7, 11) is 0. The number of rotatable bonds is 6. The molecule has 2 aliphatic rings. The summed E-state index contributed by atoms with van der Waals surface area (Å²) in [6, 6.07) is 9.44. The first-order chi connectivity index (χ1) is 18.5. The van der Waals surface area contributed by atoms with Crippen molar-refractivity contribution in [2.24, 2.45) is 0 Å². The molecule has 0 saturated carbocycles. The molecule has 0 aliphatic carbocycles. The van der Waals surface area contributed by atoms with Crippen LogP contribution in [0.4, 0.5) is 13.2 Å². The molecule has 5 rings (SSSR count). The van der Waals surface area contributed by atoms with Gasteiger partial charge in [-0.25, -0.2) is 13.2 Å². The molecule has 2 amide bonds. The van der Waals surface area contributed by atoms with Gasteiger partial charge in [-0.1, -0.05) is 30.3 Å². The number of nitrogens with zero attached hydrogens (tertiary/aromatic N) is 2. The third kappa shape index (κ3) is 5.26. The van der Waals surface area contributed by atoms with Crippen LogP contribution in [-0.2, 0) is 13.2 Å². The van der Waals surface area contributed by atoms with Gasteiger partial charge in [-0.3, -0.25) is 14.4 Å². The zero-order valence-corrected chi connectivity index (χ0v) is 21.0. The van der Waals surface area contributed by atoms with Crippen molar-refractivity contribution in [2.75, 3.05) is 13.1 Å². The van der Waals surface area contributed by atoms with Crippen LogP contribution in [0.5, 0.6) is 5.75 Å². The van der Waals surface area contributed by atoms with E-state index in [0.29, 0.717) is 18.6 Å². The van der Waals surface area contributed by atoms with Gasteiger partial charge >= 0.3 is 0 Å². The number of hydrogen-bond donors (Lipinski definition) is 2. The summed E-state index contributed by atoms with van der Waals surface area (Å²) in [5.41, 5.74) is -2.26. The number of carbonyl (C=O) groups is 2. The zero-order valence-electron chi connectivity index (χ0n) is 21.0. The van der Waals surface area contributed by atoms with Crippen molar-refractivity contribution in [1.29, 1.82) is 0 Å². The van der Waals surface area contributed by atoms with Gasteiger partial charge in [0.1, 0.15) is 29.6 Å². The Morgan fingerprint density at radius 1 is 1.15 bits per heavy atom. The smallest absolute Gasteiger partial charge is 0.274 e. The molecule has 1 fully saturated rings. The molecule has 0 unspecified atom stereocenters. The summed E-state index contributed by atoms with van der Waals surface area (Å²) in [6.45, 7) is 1.49. The van der Waals surface area contributed by atoms with E-state index in [1.165, 1.54) is 10.8 Å². The third-order valence-electron chi connectivity index (χ3n) is 7.10. The molecular formula is C28H26F3N3O5. The highest BCUT2D eigenvalue weighted by Crippen LogP contribution is 2.36. The second-order valence-electron chi connectivity index (χ2n) is 10.1. The lowest BCUT2D eigenvalue weighted by molar-refractivity contribution is 0.0368. The van der Waals surface area contributed by atoms with Crippen LogP contribution < -0.4 is 15.5 Å². The Morgan fingerprint density at radius 2 is 1.85 bits per heavy atom. The topological polar surface area (TPSA) is 101 Å². The fourth-order valence-electron chi connectivity index (χ4n) is 5.05. The number of halogens is 3. The highest BCUT2D eigenvalue weighted by atomic mass is 19.1. The van der Waals surface area contributed by atoms with Crippen LogP contribution in [0.2, 0.25) is 0 Å². The average molecular weight is 542 g/mol. The van der Waals surface area contributed by atoms with Crippen molar-refractivity contribution in [3.05, 3.63) is 98.7 Å². The van der Waals surface area contributed by atoms with Crippen LogP contribution in [-0.4, -0.2) is 45.1 Å². The zero-order chi connectivity index (χ0) is 27.9. The maximum absolute atomic E-state index is 14.1. The van der Waals surface area contributed by atoms with Crippen molar-refractivity contribution in [3.8, 4) is 5.75 Å². The number of aliphatic hydroxyl groups is 1. The van der Waals surface area contributed by atoms with Gasteiger partial charge in [-0.2, -0.15) is 0 Å². The summed E-state index contributed by atoms with van der Waals surface area (Å²) >= 11 is 0. The molecule has 8 nitrogen and oxygen atoms in total. The van der Waals surface area contributed by atoms with Gasteiger partial charge in [0.15, 0.2) is 11.4 Å². The number of nitrogens with one attached hydrogen (secondary N) is 1. The van der Waals surface area contributed by atoms with Crippen LogP contribution in [0, 0.1) is 17.5 Å². The number of amides is 2. The average Bonchev–Trinajstić information content (AvgIpc) is 3.02. The van der Waals surface area contributed by atoms with Crippen molar-refractivity contribution in [2.45, 2.75) is 44.6 Å². The Hall–Kier alpha value is -4.12. The maximum Gasteiger partial charge on any atom is 0.274 e. The van der Waals surface area contributed by atoms with E-state index in [1.54, 1.807) is 36.1 Å². The largest absolute Gasteiger partial charge is 0.483 e. The normalized spacial score (nSPS) is 20.3. The lowest BCUT2D eigenvalue weighted by Gasteiger charge is -2.35. The Bertz CT molecular complexity index is 1480. The van der Waals surface area contributed by atoms with Gasteiger partial charge in [0.05, 0.1) is 11.6 Å². The monoisotopic (exact) mass is 541 g/mol. The van der Waals surface area contributed by atoms with Crippen molar-refractivity contribution in [3.63, 3.8) is 0 Å². The molecule has 204 valence electrons. The summed E-state index contributed by atoms with van der Waals surface area (Å²) in [5.74, 6) is -5.23. The molecular weight excluding hydrogens is 515 g/mol. The number of aromatic nitrogens is 1. The number of carbonyl (C=O) groups excluding carboxylic acids is 2. The molecule has 11 heteroatoms. The Labute approximate surface area is 221 Å². The quantitative estimate of drug-likeness (QED) is 0.499. The highest BCUT2D eigenvalue weighted by Gasteiger charge is 2.41. The Balaban J connectivity index is 1.55. The van der Waals surface area contributed by atoms with E-state index in [1.807, 2.05) is 6.07 Å². The van der Waals surface area contributed by atoms with Crippen molar-refractivity contribution >= 4 is 11.8 Å². The molecule has 2 atom stereocenters. The molecule has 2 aliphatic heterocycles. The number of ether oxygens (including phenoxy) is 1. The van der Waals surface area contributed by atoms with Gasteiger partial charge in [0, 0.05) is 43.5 Å². The van der Waals surface area contributed by atoms with E-state index in [-0.39, 0.29) is 37.6 Å². The van der Waals surface area contributed by atoms with E-state index >= 15 is 0 Å². The van der Waals surface area contributed by atoms with E-state index in [4.69, 9.17) is 4.74 Å². The second-order valence-corrected chi connectivity index (χ2v) is 10.1. The van der Waals surface area contributed by atoms with E-state index in [0.717, 1.165) is 5.56 Å². The molecule has 2 aromatic carbocycles. The maximum atomic E-state index is 14.1. The minimum absolute atomic E-state index is 0.0305. The van der Waals surface area contributed by atoms with Crippen LogP contribution in [0.15, 0.2) is 53.5 Å². The van der Waals surface area contributed by atoms with Gasteiger partial charge in [0.25, 0.3) is 11.8 Å². The lowest BCUT2D eigenvalue weighted by atomic mass is 9.94. The fourth-order valence-corrected chi connectivity index (χ4v) is 5.05. The van der Waals surface area contributed by atoms with Crippen LogP contribution in [0.25, 0.3) is 0 Å². The van der Waals surface area contributed by atoms with Crippen molar-refractivity contribution < 1.29 is 32.6 Å². The van der Waals surface area contributed by atoms with Crippen molar-refractivity contribution in [1.82, 2.24) is 14.8 Å². The van der Waals surface area contributed by atoms with Crippen LogP contribution >= 0.6 is 0 Å². The summed E-state index contributed by atoms with van der Waals surface area (Å²) in [4.78, 5) is 41.7. The Morgan fingerprint density at radius 3 is 2.54 bits per heavy atom. The van der Waals surface area contributed by atoms with Crippen LogP contribution in [0.3, 0.4) is 0 Å². The Kier molecular flexibility index (Phi) is 6.94. The molecule has 2 N–H and O–H groups in total. The SMILES string of the molecule is C[C@@]1(O)CCN2C[C@H](C1)n1cc(C(=O)NCc3c(F)cc(F)cc3F)c(=O)c(OCc3ccccc3)c1C2=O. The minimum atomic E-state index is -1.19. The second kappa shape index (κ2) is 10.2.